The van der Waals surface area contributed by atoms with Crippen LogP contribution in [0.1, 0.15) is 32.7 Å². The fourth-order valence-corrected chi connectivity index (χ4v) is 5.50. The summed E-state index contributed by atoms with van der Waals surface area (Å²) in [6, 6.07) is 1.76. The Labute approximate surface area is 193 Å². The first-order chi connectivity index (χ1) is 15.9. The van der Waals surface area contributed by atoms with Gasteiger partial charge in [0.25, 0.3) is 5.91 Å². The second kappa shape index (κ2) is 7.67. The number of benzene rings is 1. The van der Waals surface area contributed by atoms with Crippen molar-refractivity contribution in [2.75, 3.05) is 21.2 Å². The molecule has 0 saturated heterocycles. The molecule has 0 aliphatic heterocycles. The fraction of sp³-hybridized carbons (Fsp3) is 0.391. The van der Waals surface area contributed by atoms with Gasteiger partial charge in [0.2, 0.25) is 5.78 Å². The van der Waals surface area contributed by atoms with Gasteiger partial charge in [-0.3, -0.25) is 19.3 Å². The summed E-state index contributed by atoms with van der Waals surface area (Å²) in [5.41, 5.74) is 1.32. The lowest BCUT2D eigenvalue weighted by Gasteiger charge is -2.50. The van der Waals surface area contributed by atoms with E-state index in [1.165, 1.54) is 17.0 Å². The van der Waals surface area contributed by atoms with Crippen LogP contribution in [0.5, 0.6) is 5.75 Å². The van der Waals surface area contributed by atoms with Crippen molar-refractivity contribution in [3.8, 4) is 5.75 Å². The first-order valence-electron chi connectivity index (χ1n) is 10.5. The molecule has 0 spiro atoms. The Morgan fingerprint density at radius 3 is 2.38 bits per heavy atom. The monoisotopic (exact) mass is 472 g/mol. The number of carbonyl (C=O) groups excluding carboxylic acids is 4. The van der Waals surface area contributed by atoms with Crippen LogP contribution in [0.4, 0.5) is 0 Å². The Bertz CT molecular complexity index is 1230. The summed E-state index contributed by atoms with van der Waals surface area (Å²) in [6.07, 6.45) is 0.134. The number of nitrogens with zero attached hydrogens (tertiary/aromatic N) is 1. The third kappa shape index (κ3) is 2.90. The second-order valence-corrected chi connectivity index (χ2v) is 8.95. The number of Topliss-reactive ketones (excluding diaryl/α,β-unsaturated/α-hetero) is 2. The number of allylic oxidation sites excluding steroid dienone is 1. The van der Waals surface area contributed by atoms with Gasteiger partial charge in [-0.25, -0.2) is 4.79 Å². The molecule has 0 saturated carbocycles. The number of methoxy groups -OCH3 is 1. The Morgan fingerprint density at radius 2 is 1.82 bits per heavy atom. The summed E-state index contributed by atoms with van der Waals surface area (Å²) < 4.78 is 4.62. The van der Waals surface area contributed by atoms with E-state index in [9.17, 15) is 39.6 Å². The molecule has 11 nitrogen and oxygen atoms in total. The molecule has 180 valence electrons. The van der Waals surface area contributed by atoms with Crippen molar-refractivity contribution in [1.82, 2.24) is 4.90 Å². The number of rotatable bonds is 3. The number of aromatic hydroxyl groups is 1. The van der Waals surface area contributed by atoms with Crippen molar-refractivity contribution < 1.29 is 44.3 Å². The van der Waals surface area contributed by atoms with Crippen LogP contribution in [-0.2, 0) is 20.7 Å². The number of phenolic OH excluding ortho intramolecular Hbond substituents is 1. The normalized spacial score (nSPS) is 28.4. The number of esters is 1. The van der Waals surface area contributed by atoms with Crippen LogP contribution in [0.3, 0.4) is 0 Å². The molecule has 34 heavy (non-hydrogen) atoms. The molecule has 4 atom stereocenters. The molecule has 1 aromatic carbocycles. The van der Waals surface area contributed by atoms with Crippen molar-refractivity contribution >= 4 is 23.4 Å². The van der Waals surface area contributed by atoms with Gasteiger partial charge in [0.15, 0.2) is 11.4 Å². The topological polar surface area (TPSA) is 188 Å². The van der Waals surface area contributed by atoms with E-state index in [-0.39, 0.29) is 29.5 Å². The Balaban J connectivity index is 1.94. The van der Waals surface area contributed by atoms with Crippen molar-refractivity contribution in [3.05, 3.63) is 51.5 Å². The van der Waals surface area contributed by atoms with E-state index in [0.717, 1.165) is 7.11 Å². The lowest BCUT2D eigenvalue weighted by molar-refractivity contribution is -0.148. The Hall–Kier alpha value is -3.70. The molecule has 0 unspecified atom stereocenters. The third-order valence-electron chi connectivity index (χ3n) is 7.00. The standard InChI is InChI=1S/C23H24N2O9/c1-25(2)15-11-7-9-6-8-4-5-10(22(32)34-3)16(26)12(8)17(27)13(9)19(29)23(11,33)20(30)14(18(15)28)21(24)31/h4-5,9,11,15,26,28-29,33H,6-7H2,1-3H3,(H2,24,31)/t9-,11-,15-,23-/m0/s1. The van der Waals surface area contributed by atoms with Crippen LogP contribution < -0.4 is 5.73 Å². The van der Waals surface area contributed by atoms with Gasteiger partial charge in [-0.2, -0.15) is 0 Å². The lowest BCUT2D eigenvalue weighted by Crippen LogP contribution is -2.63. The SMILES string of the molecule is COC(=O)c1ccc2c(c1O)C(=O)C1=C(O)[C@]3(O)C(=O)C(C(N)=O)=C(O)[C@@H](N(C)C)[C@@H]3C[C@@H]1C2. The van der Waals surface area contributed by atoms with Crippen molar-refractivity contribution in [3.63, 3.8) is 0 Å². The first kappa shape index (κ1) is 23.5. The summed E-state index contributed by atoms with van der Waals surface area (Å²) in [4.78, 5) is 52.0. The molecule has 0 aromatic heterocycles. The molecule has 1 amide bonds. The summed E-state index contributed by atoms with van der Waals surface area (Å²) in [5.74, 6) is -8.34. The molecule has 4 rings (SSSR count). The van der Waals surface area contributed by atoms with Crippen molar-refractivity contribution in [2.24, 2.45) is 17.6 Å². The van der Waals surface area contributed by atoms with Crippen LogP contribution in [0.15, 0.2) is 34.8 Å². The van der Waals surface area contributed by atoms with Gasteiger partial charge >= 0.3 is 5.97 Å². The van der Waals surface area contributed by atoms with Gasteiger partial charge in [0.05, 0.1) is 18.7 Å². The summed E-state index contributed by atoms with van der Waals surface area (Å²) >= 11 is 0. The van der Waals surface area contributed by atoms with E-state index in [2.05, 4.69) is 4.74 Å². The molecule has 11 heteroatoms. The quantitative estimate of drug-likeness (QED) is 0.294. The third-order valence-corrected chi connectivity index (χ3v) is 7.00. The molecule has 6 N–H and O–H groups in total. The number of hydrogen-bond acceptors (Lipinski definition) is 10. The minimum absolute atomic E-state index is 0.00865. The molecule has 0 bridgehead atoms. The molecule has 0 fully saturated rings. The smallest absolute Gasteiger partial charge is 0.341 e. The van der Waals surface area contributed by atoms with Crippen LogP contribution in [0, 0.1) is 11.8 Å². The number of ketones is 2. The number of aliphatic hydroxyl groups excluding tert-OH is 2. The number of aliphatic hydroxyl groups is 3. The van der Waals surface area contributed by atoms with Gasteiger partial charge in [0, 0.05) is 11.5 Å². The summed E-state index contributed by atoms with van der Waals surface area (Å²) in [5, 5.41) is 44.0. The highest BCUT2D eigenvalue weighted by Crippen LogP contribution is 2.52. The maximum atomic E-state index is 13.4. The predicted molar refractivity (Wildman–Crippen MR) is 115 cm³/mol. The van der Waals surface area contributed by atoms with Gasteiger partial charge in [-0.05, 0) is 44.5 Å². The molecular weight excluding hydrogens is 448 g/mol. The number of primary amides is 1. The van der Waals surface area contributed by atoms with E-state index in [1.807, 2.05) is 0 Å². The average Bonchev–Trinajstić information content (AvgIpc) is 2.75. The zero-order chi connectivity index (χ0) is 25.3. The van der Waals surface area contributed by atoms with E-state index >= 15 is 0 Å². The number of carbonyl (C=O) groups is 4. The number of nitrogens with two attached hydrogens (primary N) is 1. The average molecular weight is 472 g/mol. The van der Waals surface area contributed by atoms with Gasteiger partial charge in [0.1, 0.15) is 28.4 Å². The maximum Gasteiger partial charge on any atom is 0.341 e. The molecular formula is C23H24N2O9. The number of likely N-dealkylation sites (N-methyl/N-ethyl adjacent to an activating group) is 1. The largest absolute Gasteiger partial charge is 0.510 e. The highest BCUT2D eigenvalue weighted by molar-refractivity contribution is 6.25. The molecule has 0 heterocycles. The zero-order valence-corrected chi connectivity index (χ0v) is 18.7. The van der Waals surface area contributed by atoms with Crippen LogP contribution in [0.2, 0.25) is 0 Å². The first-order valence-corrected chi connectivity index (χ1v) is 10.5. The predicted octanol–water partition coefficient (Wildman–Crippen LogP) is -0.0928. The molecule has 3 aliphatic carbocycles. The molecule has 1 aromatic rings. The fourth-order valence-electron chi connectivity index (χ4n) is 5.50. The summed E-state index contributed by atoms with van der Waals surface area (Å²) in [6.45, 7) is 0. The maximum absolute atomic E-state index is 13.4. The molecule has 3 aliphatic rings. The van der Waals surface area contributed by atoms with Crippen molar-refractivity contribution in [1.29, 1.82) is 0 Å². The van der Waals surface area contributed by atoms with Crippen LogP contribution in [0.25, 0.3) is 0 Å². The zero-order valence-electron chi connectivity index (χ0n) is 18.7. The Morgan fingerprint density at radius 1 is 1.18 bits per heavy atom. The summed E-state index contributed by atoms with van der Waals surface area (Å²) in [7, 11) is 4.22. The number of hydrogen-bond donors (Lipinski definition) is 5. The van der Waals surface area contributed by atoms with E-state index < -0.39 is 69.8 Å². The number of amides is 1. The van der Waals surface area contributed by atoms with E-state index in [1.54, 1.807) is 14.1 Å². The van der Waals surface area contributed by atoms with Gasteiger partial charge in [-0.15, -0.1) is 0 Å². The number of ether oxygens (including phenoxy) is 1. The van der Waals surface area contributed by atoms with Crippen LogP contribution >= 0.6 is 0 Å². The number of fused-ring (bicyclic) bond motifs is 3. The number of phenols is 1. The van der Waals surface area contributed by atoms with Gasteiger partial charge in [-0.1, -0.05) is 6.07 Å². The second-order valence-electron chi connectivity index (χ2n) is 8.95. The minimum Gasteiger partial charge on any atom is -0.510 e. The highest BCUT2D eigenvalue weighted by atomic mass is 16.5. The minimum atomic E-state index is -2.71. The Kier molecular flexibility index (Phi) is 5.29. The van der Waals surface area contributed by atoms with Crippen molar-refractivity contribution in [2.45, 2.75) is 24.5 Å². The van der Waals surface area contributed by atoms with Gasteiger partial charge < -0.3 is 30.9 Å². The lowest BCUT2D eigenvalue weighted by atomic mass is 9.58. The van der Waals surface area contributed by atoms with E-state index in [4.69, 9.17) is 5.73 Å². The highest BCUT2D eigenvalue weighted by Gasteiger charge is 2.63. The van der Waals surface area contributed by atoms with Crippen LogP contribution in [-0.4, -0.2) is 81.6 Å². The molecule has 0 radical (unpaired) electrons. The van der Waals surface area contributed by atoms with E-state index in [0.29, 0.717) is 5.56 Å².